The molecule has 1 saturated heterocycles. The summed E-state index contributed by atoms with van der Waals surface area (Å²) in [7, 11) is 0. The maximum Gasteiger partial charge on any atom is 0.0726 e. The monoisotopic (exact) mass is 226 g/mol. The van der Waals surface area contributed by atoms with E-state index in [0.29, 0.717) is 12.1 Å². The van der Waals surface area contributed by atoms with Gasteiger partial charge in [0.2, 0.25) is 0 Å². The Morgan fingerprint density at radius 2 is 2.12 bits per heavy atom. The molecule has 3 heteroatoms. The summed E-state index contributed by atoms with van der Waals surface area (Å²) in [4.78, 5) is 0. The lowest BCUT2D eigenvalue weighted by Gasteiger charge is -2.36. The molecule has 1 heterocycles. The van der Waals surface area contributed by atoms with Crippen LogP contribution in [0, 0.1) is 5.41 Å². The van der Waals surface area contributed by atoms with E-state index in [1.165, 1.54) is 19.3 Å². The fraction of sp³-hybridized carbons (Fsp3) is 1.00. The van der Waals surface area contributed by atoms with E-state index >= 15 is 0 Å². The molecule has 0 aromatic carbocycles. The molecule has 0 aromatic heterocycles. The lowest BCUT2D eigenvalue weighted by Crippen LogP contribution is -2.53. The maximum absolute atomic E-state index is 6.20. The maximum atomic E-state index is 6.20. The zero-order valence-electron chi connectivity index (χ0n) is 10.9. The van der Waals surface area contributed by atoms with Crippen molar-refractivity contribution >= 4 is 0 Å². The van der Waals surface area contributed by atoms with E-state index in [1.807, 2.05) is 0 Å². The normalized spacial score (nSPS) is 48.8. The Labute approximate surface area is 99.1 Å². The van der Waals surface area contributed by atoms with Crippen molar-refractivity contribution in [3.05, 3.63) is 0 Å². The summed E-state index contributed by atoms with van der Waals surface area (Å²) < 4.78 is 5.65. The number of ether oxygens (including phenoxy) is 1. The quantitative estimate of drug-likeness (QED) is 0.769. The van der Waals surface area contributed by atoms with E-state index in [1.54, 1.807) is 0 Å². The molecule has 0 amide bonds. The summed E-state index contributed by atoms with van der Waals surface area (Å²) >= 11 is 0. The topological polar surface area (TPSA) is 47.3 Å². The first-order valence-corrected chi connectivity index (χ1v) is 6.58. The lowest BCUT2D eigenvalue weighted by atomic mass is 9.83. The Hall–Kier alpha value is -0.120. The van der Waals surface area contributed by atoms with Gasteiger partial charge in [0.25, 0.3) is 0 Å². The summed E-state index contributed by atoms with van der Waals surface area (Å²) in [5.41, 5.74) is 6.63. The summed E-state index contributed by atoms with van der Waals surface area (Å²) in [6.45, 7) is 8.67. The summed E-state index contributed by atoms with van der Waals surface area (Å²) in [5, 5.41) is 3.72. The van der Waals surface area contributed by atoms with Gasteiger partial charge in [-0.3, -0.25) is 0 Å². The summed E-state index contributed by atoms with van der Waals surface area (Å²) in [6.07, 6.45) is 5.14. The van der Waals surface area contributed by atoms with Crippen LogP contribution in [0.1, 0.15) is 46.5 Å². The Balaban J connectivity index is 1.91. The highest BCUT2D eigenvalue weighted by molar-refractivity contribution is 4.99. The minimum atomic E-state index is 0.144. The molecule has 1 aliphatic heterocycles. The van der Waals surface area contributed by atoms with Gasteiger partial charge in [0.05, 0.1) is 6.10 Å². The van der Waals surface area contributed by atoms with E-state index in [-0.39, 0.29) is 11.0 Å². The first-order chi connectivity index (χ1) is 7.46. The fourth-order valence-electron chi connectivity index (χ4n) is 2.95. The van der Waals surface area contributed by atoms with Crippen molar-refractivity contribution in [3.63, 3.8) is 0 Å². The molecule has 4 atom stereocenters. The van der Waals surface area contributed by atoms with E-state index < -0.39 is 0 Å². The number of hydrogen-bond acceptors (Lipinski definition) is 3. The number of hydrogen-bond donors (Lipinski definition) is 2. The van der Waals surface area contributed by atoms with Gasteiger partial charge in [-0.05, 0) is 38.5 Å². The predicted molar refractivity (Wildman–Crippen MR) is 66.4 cm³/mol. The van der Waals surface area contributed by atoms with Crippen LogP contribution in [0.4, 0.5) is 0 Å². The average Bonchev–Trinajstić information content (AvgIpc) is 2.73. The summed E-state index contributed by atoms with van der Waals surface area (Å²) in [6, 6.07) is 0.362. The highest BCUT2D eigenvalue weighted by atomic mass is 16.5. The van der Waals surface area contributed by atoms with E-state index in [0.717, 1.165) is 19.6 Å². The molecule has 1 saturated carbocycles. The van der Waals surface area contributed by atoms with Crippen molar-refractivity contribution in [3.8, 4) is 0 Å². The van der Waals surface area contributed by atoms with Gasteiger partial charge >= 0.3 is 0 Å². The molecule has 94 valence electrons. The van der Waals surface area contributed by atoms with Crippen molar-refractivity contribution in [2.24, 2.45) is 11.1 Å². The Bertz CT molecular complexity index is 232. The fourth-order valence-corrected chi connectivity index (χ4v) is 2.95. The minimum absolute atomic E-state index is 0.144. The largest absolute Gasteiger partial charge is 0.377 e. The molecule has 2 aliphatic rings. The second-order valence-electron chi connectivity index (χ2n) is 6.19. The average molecular weight is 226 g/mol. The van der Waals surface area contributed by atoms with Gasteiger partial charge in [-0.25, -0.2) is 0 Å². The van der Waals surface area contributed by atoms with Crippen LogP contribution in [0.25, 0.3) is 0 Å². The molecule has 0 bridgehead atoms. The number of rotatable bonds is 3. The highest BCUT2D eigenvalue weighted by Crippen LogP contribution is 2.37. The van der Waals surface area contributed by atoms with E-state index in [9.17, 15) is 0 Å². The van der Waals surface area contributed by atoms with Gasteiger partial charge in [0.1, 0.15) is 0 Å². The van der Waals surface area contributed by atoms with Gasteiger partial charge in [0.15, 0.2) is 0 Å². The summed E-state index contributed by atoms with van der Waals surface area (Å²) in [5.74, 6) is 0. The molecule has 16 heavy (non-hydrogen) atoms. The SMILES string of the molecule is CC1OCCC1(C)NCC1(C)CCCC1N. The highest BCUT2D eigenvalue weighted by Gasteiger charge is 2.41. The zero-order chi connectivity index (χ0) is 11.8. The molecule has 2 fully saturated rings. The smallest absolute Gasteiger partial charge is 0.0726 e. The molecule has 4 unspecified atom stereocenters. The predicted octanol–water partition coefficient (Wildman–Crippen LogP) is 1.66. The van der Waals surface area contributed by atoms with Crippen LogP contribution in [-0.2, 0) is 4.74 Å². The Kier molecular flexibility index (Phi) is 3.30. The number of nitrogens with one attached hydrogen (secondary N) is 1. The standard InChI is InChI=1S/C13H26N2O/c1-10-13(3,7-8-16-10)15-9-12(2)6-4-5-11(12)14/h10-11,15H,4-9,14H2,1-3H3. The van der Waals surface area contributed by atoms with E-state index in [2.05, 4.69) is 26.1 Å². The van der Waals surface area contributed by atoms with Crippen LogP contribution in [0.3, 0.4) is 0 Å². The van der Waals surface area contributed by atoms with Crippen LogP contribution in [-0.4, -0.2) is 30.8 Å². The second-order valence-corrected chi connectivity index (χ2v) is 6.19. The van der Waals surface area contributed by atoms with Crippen molar-refractivity contribution in [2.75, 3.05) is 13.2 Å². The van der Waals surface area contributed by atoms with Gasteiger partial charge < -0.3 is 15.8 Å². The van der Waals surface area contributed by atoms with Gasteiger partial charge in [-0.1, -0.05) is 13.3 Å². The second kappa shape index (κ2) is 4.28. The molecule has 3 nitrogen and oxygen atoms in total. The van der Waals surface area contributed by atoms with Gasteiger partial charge in [-0.15, -0.1) is 0 Å². The molecule has 1 aliphatic carbocycles. The first-order valence-electron chi connectivity index (χ1n) is 6.58. The van der Waals surface area contributed by atoms with Crippen LogP contribution in [0.2, 0.25) is 0 Å². The molecule has 0 aromatic rings. The zero-order valence-corrected chi connectivity index (χ0v) is 10.9. The van der Waals surface area contributed by atoms with Crippen molar-refractivity contribution < 1.29 is 4.74 Å². The van der Waals surface area contributed by atoms with E-state index in [4.69, 9.17) is 10.5 Å². The third-order valence-electron chi connectivity index (χ3n) is 4.94. The van der Waals surface area contributed by atoms with Crippen LogP contribution in [0.15, 0.2) is 0 Å². The third kappa shape index (κ3) is 2.13. The van der Waals surface area contributed by atoms with Crippen molar-refractivity contribution in [2.45, 2.75) is 64.1 Å². The lowest BCUT2D eigenvalue weighted by molar-refractivity contribution is 0.0829. The molecule has 0 radical (unpaired) electrons. The van der Waals surface area contributed by atoms with Crippen molar-refractivity contribution in [1.29, 1.82) is 0 Å². The van der Waals surface area contributed by atoms with Crippen LogP contribution in [0.5, 0.6) is 0 Å². The third-order valence-corrected chi connectivity index (χ3v) is 4.94. The van der Waals surface area contributed by atoms with Crippen LogP contribution >= 0.6 is 0 Å². The first kappa shape index (κ1) is 12.3. The minimum Gasteiger partial charge on any atom is -0.377 e. The molecule has 2 rings (SSSR count). The molecular weight excluding hydrogens is 200 g/mol. The molecule has 0 spiro atoms. The number of nitrogens with two attached hydrogens (primary N) is 1. The van der Waals surface area contributed by atoms with Crippen molar-refractivity contribution in [1.82, 2.24) is 5.32 Å². The van der Waals surface area contributed by atoms with Crippen LogP contribution < -0.4 is 11.1 Å². The Morgan fingerprint density at radius 1 is 1.38 bits per heavy atom. The van der Waals surface area contributed by atoms with Gasteiger partial charge in [-0.2, -0.15) is 0 Å². The molecular formula is C13H26N2O. The van der Waals surface area contributed by atoms with Gasteiger partial charge in [0, 0.05) is 24.7 Å². The molecule has 3 N–H and O–H groups in total. The Morgan fingerprint density at radius 3 is 2.62 bits per heavy atom.